The van der Waals surface area contributed by atoms with Gasteiger partial charge in [-0.25, -0.2) is 9.97 Å². The van der Waals surface area contributed by atoms with E-state index >= 15 is 0 Å². The second kappa shape index (κ2) is 9.07. The number of nitrogens with zero attached hydrogens (tertiary/aromatic N) is 4. The Morgan fingerprint density at radius 1 is 1.00 bits per heavy atom. The van der Waals surface area contributed by atoms with Crippen LogP contribution in [-0.2, 0) is 17.5 Å². The summed E-state index contributed by atoms with van der Waals surface area (Å²) in [6, 6.07) is 8.47. The number of hydrogen-bond donors (Lipinski definition) is 1. The highest BCUT2D eigenvalue weighted by molar-refractivity contribution is 7.19. The monoisotopic (exact) mass is 501 g/mol. The molecule has 6 rings (SSSR count). The highest BCUT2D eigenvalue weighted by atomic mass is 32.1. The molecule has 0 unspecified atom stereocenters. The first kappa shape index (κ1) is 22.8. The smallest absolute Gasteiger partial charge is 0.378 e. The number of piperidine rings is 1. The molecule has 2 saturated heterocycles. The summed E-state index contributed by atoms with van der Waals surface area (Å²) in [5, 5.41) is 0.468. The molecule has 0 amide bonds. The van der Waals surface area contributed by atoms with Gasteiger partial charge in [-0.3, -0.25) is 4.90 Å². The molecular formula is C25H26F3N5OS. The quantitative estimate of drug-likeness (QED) is 0.390. The largest absolute Gasteiger partial charge is 0.431 e. The zero-order valence-corrected chi connectivity index (χ0v) is 20.0. The van der Waals surface area contributed by atoms with Gasteiger partial charge in [0.25, 0.3) is 0 Å². The fraction of sp³-hybridized carbons (Fsp3) is 0.440. The molecule has 2 aliphatic heterocycles. The van der Waals surface area contributed by atoms with Crippen LogP contribution in [0, 0.1) is 0 Å². The fourth-order valence-corrected chi connectivity index (χ4v) is 6.15. The van der Waals surface area contributed by atoms with E-state index < -0.39 is 11.9 Å². The SMILES string of the molecule is FC(F)(F)c1cc2c(-c3nc(N4CCOCC4)c4sc(CN5CCCCC5)cc4n3)cccc2[nH]1. The van der Waals surface area contributed by atoms with Gasteiger partial charge in [-0.05, 0) is 44.1 Å². The molecular weight excluding hydrogens is 475 g/mol. The number of aromatic nitrogens is 3. The van der Waals surface area contributed by atoms with Crippen molar-refractivity contribution in [1.29, 1.82) is 0 Å². The van der Waals surface area contributed by atoms with Crippen LogP contribution in [0.15, 0.2) is 30.3 Å². The Hall–Kier alpha value is -2.69. The molecule has 0 radical (unpaired) electrons. The van der Waals surface area contributed by atoms with Gasteiger partial charge in [-0.1, -0.05) is 18.6 Å². The van der Waals surface area contributed by atoms with E-state index in [2.05, 4.69) is 20.9 Å². The molecule has 0 atom stereocenters. The second-order valence-electron chi connectivity index (χ2n) is 9.18. The Kier molecular flexibility index (Phi) is 5.90. The van der Waals surface area contributed by atoms with Crippen LogP contribution in [0.4, 0.5) is 19.0 Å². The molecule has 0 bridgehead atoms. The third-order valence-corrected chi connectivity index (χ3v) is 7.86. The number of rotatable bonds is 4. The number of nitrogens with one attached hydrogen (secondary N) is 1. The minimum absolute atomic E-state index is 0.419. The minimum atomic E-state index is -4.45. The normalized spacial score (nSPS) is 18.1. The van der Waals surface area contributed by atoms with Crippen LogP contribution in [0.2, 0.25) is 0 Å². The number of morpholine rings is 1. The number of thiophene rings is 1. The van der Waals surface area contributed by atoms with Crippen LogP contribution < -0.4 is 4.90 Å². The molecule has 5 heterocycles. The summed E-state index contributed by atoms with van der Waals surface area (Å²) >= 11 is 1.72. The molecule has 4 aromatic rings. The van der Waals surface area contributed by atoms with Gasteiger partial charge in [0.15, 0.2) is 11.6 Å². The predicted octanol–water partition coefficient (Wildman–Crippen LogP) is 5.68. The number of alkyl halides is 3. The van der Waals surface area contributed by atoms with Gasteiger partial charge in [-0.15, -0.1) is 11.3 Å². The first-order valence-corrected chi connectivity index (χ1v) is 12.8. The van der Waals surface area contributed by atoms with E-state index in [4.69, 9.17) is 14.7 Å². The molecule has 35 heavy (non-hydrogen) atoms. The Morgan fingerprint density at radius 3 is 2.57 bits per heavy atom. The molecule has 0 spiro atoms. The van der Waals surface area contributed by atoms with Crippen molar-refractivity contribution >= 4 is 38.3 Å². The zero-order chi connectivity index (χ0) is 24.0. The molecule has 2 fully saturated rings. The van der Waals surface area contributed by atoms with Crippen molar-refractivity contribution in [2.75, 3.05) is 44.3 Å². The molecule has 2 aliphatic rings. The molecule has 3 aromatic heterocycles. The lowest BCUT2D eigenvalue weighted by Crippen LogP contribution is -2.36. The Morgan fingerprint density at radius 2 is 1.80 bits per heavy atom. The predicted molar refractivity (Wildman–Crippen MR) is 132 cm³/mol. The van der Waals surface area contributed by atoms with E-state index in [0.717, 1.165) is 54.8 Å². The number of anilines is 1. The minimum Gasteiger partial charge on any atom is -0.378 e. The van der Waals surface area contributed by atoms with Crippen LogP contribution in [0.1, 0.15) is 29.8 Å². The van der Waals surface area contributed by atoms with Gasteiger partial charge >= 0.3 is 6.18 Å². The van der Waals surface area contributed by atoms with Gasteiger partial charge < -0.3 is 14.6 Å². The summed E-state index contributed by atoms with van der Waals surface area (Å²) < 4.78 is 46.7. The maximum absolute atomic E-state index is 13.4. The number of ether oxygens (including phenoxy) is 1. The van der Waals surface area contributed by atoms with Gasteiger partial charge in [0.2, 0.25) is 0 Å². The first-order valence-electron chi connectivity index (χ1n) is 12.0. The number of aromatic amines is 1. The molecule has 0 saturated carbocycles. The maximum Gasteiger partial charge on any atom is 0.431 e. The average molecular weight is 502 g/mol. The van der Waals surface area contributed by atoms with Crippen molar-refractivity contribution in [2.24, 2.45) is 0 Å². The van der Waals surface area contributed by atoms with E-state index in [-0.39, 0.29) is 0 Å². The number of halogens is 3. The average Bonchev–Trinajstić information content (AvgIpc) is 3.48. The van der Waals surface area contributed by atoms with Crippen molar-refractivity contribution in [3.63, 3.8) is 0 Å². The van der Waals surface area contributed by atoms with E-state index in [1.54, 1.807) is 29.5 Å². The summed E-state index contributed by atoms with van der Waals surface area (Å²) in [5.41, 5.74) is 1.09. The standard InChI is InChI=1S/C25H26F3N5OS/c26-25(27,28)21-14-18-17(5-4-6-19(18)29-21)23-30-20-13-16(15-32-7-2-1-3-8-32)35-22(20)24(31-23)33-9-11-34-12-10-33/h4-6,13-14,29H,1-3,7-12,15H2. The van der Waals surface area contributed by atoms with Crippen LogP contribution in [0.3, 0.4) is 0 Å². The van der Waals surface area contributed by atoms with Crippen LogP contribution >= 0.6 is 11.3 Å². The van der Waals surface area contributed by atoms with Crippen molar-refractivity contribution in [1.82, 2.24) is 19.9 Å². The van der Waals surface area contributed by atoms with Gasteiger partial charge in [0, 0.05) is 41.0 Å². The summed E-state index contributed by atoms with van der Waals surface area (Å²) in [5.74, 6) is 1.28. The van der Waals surface area contributed by atoms with Crippen molar-refractivity contribution in [3.8, 4) is 11.4 Å². The molecule has 1 N–H and O–H groups in total. The van der Waals surface area contributed by atoms with Gasteiger partial charge in [0.1, 0.15) is 5.69 Å². The summed E-state index contributed by atoms with van der Waals surface area (Å²) in [7, 11) is 0. The highest BCUT2D eigenvalue weighted by Gasteiger charge is 2.33. The topological polar surface area (TPSA) is 57.3 Å². The van der Waals surface area contributed by atoms with Crippen LogP contribution in [0.5, 0.6) is 0 Å². The van der Waals surface area contributed by atoms with E-state index in [9.17, 15) is 13.2 Å². The highest BCUT2D eigenvalue weighted by Crippen LogP contribution is 2.38. The zero-order valence-electron chi connectivity index (χ0n) is 19.2. The lowest BCUT2D eigenvalue weighted by Gasteiger charge is -2.28. The van der Waals surface area contributed by atoms with Crippen molar-refractivity contribution < 1.29 is 17.9 Å². The Balaban J connectivity index is 1.46. The number of H-pyrrole nitrogens is 1. The Labute approximate surface area is 204 Å². The molecule has 1 aromatic carbocycles. The molecule has 6 nitrogen and oxygen atoms in total. The van der Waals surface area contributed by atoms with E-state index in [1.807, 2.05) is 0 Å². The third-order valence-electron chi connectivity index (χ3n) is 6.75. The summed E-state index contributed by atoms with van der Waals surface area (Å²) in [4.78, 5) is 18.2. The van der Waals surface area contributed by atoms with E-state index in [0.29, 0.717) is 35.5 Å². The van der Waals surface area contributed by atoms with Crippen molar-refractivity contribution in [2.45, 2.75) is 32.0 Å². The van der Waals surface area contributed by atoms with E-state index in [1.165, 1.54) is 24.1 Å². The second-order valence-corrected chi connectivity index (χ2v) is 10.3. The number of fused-ring (bicyclic) bond motifs is 2. The number of likely N-dealkylation sites (tertiary alicyclic amines) is 1. The Bertz CT molecular complexity index is 1350. The maximum atomic E-state index is 13.4. The third kappa shape index (κ3) is 4.50. The number of benzene rings is 1. The molecule has 10 heteroatoms. The van der Waals surface area contributed by atoms with Crippen LogP contribution in [-0.4, -0.2) is 59.2 Å². The fourth-order valence-electron chi connectivity index (χ4n) is 4.99. The summed E-state index contributed by atoms with van der Waals surface area (Å²) in [6.45, 7) is 5.79. The van der Waals surface area contributed by atoms with Gasteiger partial charge in [-0.2, -0.15) is 13.2 Å². The lowest BCUT2D eigenvalue weighted by molar-refractivity contribution is -0.140. The molecule has 0 aliphatic carbocycles. The van der Waals surface area contributed by atoms with Gasteiger partial charge in [0.05, 0.1) is 23.4 Å². The van der Waals surface area contributed by atoms with Crippen LogP contribution in [0.25, 0.3) is 32.5 Å². The number of hydrogen-bond acceptors (Lipinski definition) is 6. The summed E-state index contributed by atoms with van der Waals surface area (Å²) in [6.07, 6.45) is -0.695. The van der Waals surface area contributed by atoms with Crippen molar-refractivity contribution in [3.05, 3.63) is 40.9 Å². The first-order chi connectivity index (χ1) is 17.0. The lowest BCUT2D eigenvalue weighted by atomic mass is 10.1. The molecule has 184 valence electrons.